The van der Waals surface area contributed by atoms with Gasteiger partial charge in [-0.15, -0.1) is 0 Å². The van der Waals surface area contributed by atoms with E-state index in [1.807, 2.05) is 58.9 Å². The summed E-state index contributed by atoms with van der Waals surface area (Å²) in [4.78, 5) is 12.0. The molecule has 0 amide bonds. The van der Waals surface area contributed by atoms with Crippen molar-refractivity contribution in [2.45, 2.75) is 47.5 Å². The summed E-state index contributed by atoms with van der Waals surface area (Å²) in [7, 11) is 0. The van der Waals surface area contributed by atoms with E-state index in [1.165, 1.54) is 0 Å². The van der Waals surface area contributed by atoms with Crippen LogP contribution in [0.15, 0.2) is 60.3 Å². The summed E-state index contributed by atoms with van der Waals surface area (Å²) in [5.41, 5.74) is 1.58. The number of ketones is 1. The SMILES string of the molecule is C=C/C=C(\C=C/C)C(=O)C1=CC=CCC1.CC.CC. The summed E-state index contributed by atoms with van der Waals surface area (Å²) in [6.45, 7) is 13.5. The Morgan fingerprint density at radius 1 is 1.26 bits per heavy atom. The highest BCUT2D eigenvalue weighted by Crippen LogP contribution is 2.17. The number of hydrogen-bond acceptors (Lipinski definition) is 1. The van der Waals surface area contributed by atoms with Crippen LogP contribution in [0.2, 0.25) is 0 Å². The third-order valence-corrected chi connectivity index (χ3v) is 2.21. The first-order valence-electron chi connectivity index (χ1n) is 7.15. The quantitative estimate of drug-likeness (QED) is 0.477. The number of rotatable bonds is 4. The molecular weight excluding hydrogens is 232 g/mol. The van der Waals surface area contributed by atoms with Crippen molar-refractivity contribution in [1.82, 2.24) is 0 Å². The maximum Gasteiger partial charge on any atom is 0.189 e. The van der Waals surface area contributed by atoms with E-state index in [2.05, 4.69) is 12.7 Å². The molecule has 0 fully saturated rings. The first kappa shape index (κ1) is 19.7. The highest BCUT2D eigenvalue weighted by Gasteiger charge is 2.12. The second-order valence-corrected chi connectivity index (χ2v) is 3.35. The maximum atomic E-state index is 12.0. The maximum absolute atomic E-state index is 12.0. The van der Waals surface area contributed by atoms with Crippen LogP contribution in [0.5, 0.6) is 0 Å². The second-order valence-electron chi connectivity index (χ2n) is 3.35. The highest BCUT2D eigenvalue weighted by molar-refractivity contribution is 6.10. The van der Waals surface area contributed by atoms with Gasteiger partial charge in [0.15, 0.2) is 5.78 Å². The third-order valence-electron chi connectivity index (χ3n) is 2.21. The van der Waals surface area contributed by atoms with Crippen molar-refractivity contribution >= 4 is 5.78 Å². The van der Waals surface area contributed by atoms with Gasteiger partial charge >= 0.3 is 0 Å². The topological polar surface area (TPSA) is 17.1 Å². The Kier molecular flexibility index (Phi) is 15.0. The van der Waals surface area contributed by atoms with Gasteiger partial charge in [-0.1, -0.05) is 76.8 Å². The molecule has 1 aliphatic carbocycles. The van der Waals surface area contributed by atoms with E-state index < -0.39 is 0 Å². The molecule has 0 unspecified atom stereocenters. The molecule has 0 aromatic carbocycles. The van der Waals surface area contributed by atoms with Gasteiger partial charge in [0.05, 0.1) is 0 Å². The Hall–Kier alpha value is -1.63. The van der Waals surface area contributed by atoms with Crippen LogP contribution in [-0.4, -0.2) is 5.78 Å². The molecule has 19 heavy (non-hydrogen) atoms. The lowest BCUT2D eigenvalue weighted by molar-refractivity contribution is -0.112. The zero-order chi connectivity index (χ0) is 15.1. The number of carbonyl (C=O) groups is 1. The summed E-state index contributed by atoms with van der Waals surface area (Å²) in [5, 5.41) is 0. The van der Waals surface area contributed by atoms with Gasteiger partial charge in [0.2, 0.25) is 0 Å². The summed E-state index contributed by atoms with van der Waals surface area (Å²) in [6.07, 6.45) is 14.8. The first-order valence-corrected chi connectivity index (χ1v) is 7.15. The molecule has 106 valence electrons. The van der Waals surface area contributed by atoms with E-state index in [9.17, 15) is 4.79 Å². The van der Waals surface area contributed by atoms with Gasteiger partial charge < -0.3 is 0 Å². The second kappa shape index (κ2) is 14.4. The van der Waals surface area contributed by atoms with Gasteiger partial charge in [-0.25, -0.2) is 0 Å². The number of allylic oxidation sites excluding steroid dienone is 9. The molecule has 0 aromatic rings. The van der Waals surface area contributed by atoms with E-state index in [-0.39, 0.29) is 5.78 Å². The Balaban J connectivity index is 0. The fraction of sp³-hybridized carbons (Fsp3) is 0.389. The number of hydrogen-bond donors (Lipinski definition) is 0. The lowest BCUT2D eigenvalue weighted by atomic mass is 9.96. The average Bonchev–Trinajstić information content (AvgIpc) is 2.51. The predicted molar refractivity (Wildman–Crippen MR) is 87.3 cm³/mol. The van der Waals surface area contributed by atoms with Crippen LogP contribution in [0.1, 0.15) is 47.5 Å². The number of Topliss-reactive ketones (excluding diaryl/α,β-unsaturated/α-hetero) is 1. The van der Waals surface area contributed by atoms with Crippen LogP contribution in [0.4, 0.5) is 0 Å². The van der Waals surface area contributed by atoms with Crippen molar-refractivity contribution in [3.63, 3.8) is 0 Å². The smallest absolute Gasteiger partial charge is 0.189 e. The molecule has 1 heteroatoms. The molecule has 0 aromatic heterocycles. The Labute approximate surface area is 119 Å². The van der Waals surface area contributed by atoms with E-state index >= 15 is 0 Å². The largest absolute Gasteiger partial charge is 0.289 e. The standard InChI is InChI=1S/C14H16O.2C2H6/c1-3-8-12(9-4-2)14(15)13-10-6-5-7-11-13;2*1-2/h3-6,8-10H,1,7,11H2,2H3;2*1-2H3/b9-4-,12-8+;;. The molecule has 1 nitrogen and oxygen atoms in total. The molecule has 1 aliphatic rings. The monoisotopic (exact) mass is 260 g/mol. The molecule has 0 heterocycles. The Morgan fingerprint density at radius 2 is 1.89 bits per heavy atom. The van der Waals surface area contributed by atoms with Crippen LogP contribution in [0.25, 0.3) is 0 Å². The minimum atomic E-state index is 0.109. The summed E-state index contributed by atoms with van der Waals surface area (Å²) >= 11 is 0. The zero-order valence-electron chi connectivity index (χ0n) is 13.1. The Morgan fingerprint density at radius 3 is 2.32 bits per heavy atom. The predicted octanol–water partition coefficient (Wildman–Crippen LogP) is 5.57. The minimum Gasteiger partial charge on any atom is -0.289 e. The summed E-state index contributed by atoms with van der Waals surface area (Å²) in [5.74, 6) is 0.109. The molecule has 0 aliphatic heterocycles. The van der Waals surface area contributed by atoms with E-state index in [0.717, 1.165) is 18.4 Å². The van der Waals surface area contributed by atoms with Gasteiger partial charge in [0.1, 0.15) is 0 Å². The molecule has 0 atom stereocenters. The fourth-order valence-electron chi connectivity index (χ4n) is 1.49. The van der Waals surface area contributed by atoms with Gasteiger partial charge in [0.25, 0.3) is 0 Å². The van der Waals surface area contributed by atoms with Crippen molar-refractivity contribution in [2.24, 2.45) is 0 Å². The fourth-order valence-corrected chi connectivity index (χ4v) is 1.49. The van der Waals surface area contributed by atoms with Crippen molar-refractivity contribution < 1.29 is 4.79 Å². The van der Waals surface area contributed by atoms with Crippen molar-refractivity contribution in [3.05, 3.63) is 60.3 Å². The normalized spacial score (nSPS) is 13.7. The van der Waals surface area contributed by atoms with Crippen molar-refractivity contribution in [2.75, 3.05) is 0 Å². The highest BCUT2D eigenvalue weighted by atomic mass is 16.1. The molecular formula is C18H28O. The van der Waals surface area contributed by atoms with Gasteiger partial charge in [-0.2, -0.15) is 0 Å². The minimum absolute atomic E-state index is 0.109. The van der Waals surface area contributed by atoms with Crippen LogP contribution < -0.4 is 0 Å². The molecule has 0 N–H and O–H groups in total. The lowest BCUT2D eigenvalue weighted by Gasteiger charge is -2.08. The summed E-state index contributed by atoms with van der Waals surface area (Å²) < 4.78 is 0. The molecule has 1 rings (SSSR count). The molecule has 0 bridgehead atoms. The van der Waals surface area contributed by atoms with Crippen LogP contribution in [0.3, 0.4) is 0 Å². The van der Waals surface area contributed by atoms with E-state index in [1.54, 1.807) is 12.2 Å². The number of carbonyl (C=O) groups excluding carboxylic acids is 1. The van der Waals surface area contributed by atoms with E-state index in [0.29, 0.717) is 5.57 Å². The third kappa shape index (κ3) is 8.15. The molecule has 0 saturated carbocycles. The zero-order valence-corrected chi connectivity index (χ0v) is 13.1. The molecule has 0 spiro atoms. The average molecular weight is 260 g/mol. The lowest BCUT2D eigenvalue weighted by Crippen LogP contribution is -2.06. The van der Waals surface area contributed by atoms with E-state index in [4.69, 9.17) is 0 Å². The van der Waals surface area contributed by atoms with Crippen LogP contribution in [-0.2, 0) is 4.79 Å². The van der Waals surface area contributed by atoms with Crippen LogP contribution in [0, 0.1) is 0 Å². The Bertz CT molecular complexity index is 365. The van der Waals surface area contributed by atoms with Gasteiger partial charge in [-0.3, -0.25) is 4.79 Å². The summed E-state index contributed by atoms with van der Waals surface area (Å²) in [6, 6.07) is 0. The van der Waals surface area contributed by atoms with Gasteiger partial charge in [-0.05, 0) is 19.8 Å². The molecule has 0 radical (unpaired) electrons. The molecule has 0 saturated heterocycles. The van der Waals surface area contributed by atoms with Crippen molar-refractivity contribution in [3.8, 4) is 0 Å². The van der Waals surface area contributed by atoms with Crippen molar-refractivity contribution in [1.29, 1.82) is 0 Å². The van der Waals surface area contributed by atoms with Gasteiger partial charge in [0, 0.05) is 11.1 Å². The first-order chi connectivity index (χ1) is 9.29. The van der Waals surface area contributed by atoms with Crippen LogP contribution >= 0.6 is 0 Å².